The minimum Gasteiger partial charge on any atom is -0.356 e. The van der Waals surface area contributed by atoms with Gasteiger partial charge in [-0.05, 0) is 23.4 Å². The van der Waals surface area contributed by atoms with Crippen molar-refractivity contribution < 1.29 is 4.79 Å². The van der Waals surface area contributed by atoms with E-state index in [9.17, 15) is 9.59 Å². The molecule has 128 valence electrons. The fraction of sp³-hybridized carbons (Fsp3) is 0.222. The summed E-state index contributed by atoms with van der Waals surface area (Å²) in [6, 6.07) is 13.7. The molecule has 0 aliphatic heterocycles. The largest absolute Gasteiger partial charge is 0.356 e. The van der Waals surface area contributed by atoms with E-state index in [0.717, 1.165) is 11.3 Å². The molecule has 1 aromatic carbocycles. The summed E-state index contributed by atoms with van der Waals surface area (Å²) in [4.78, 5) is 27.5. The molecule has 2 aromatic heterocycles. The lowest BCUT2D eigenvalue weighted by molar-refractivity contribution is -0.121. The Labute approximate surface area is 149 Å². The minimum atomic E-state index is -0.296. The van der Waals surface area contributed by atoms with Crippen LogP contribution < -0.4 is 10.9 Å². The van der Waals surface area contributed by atoms with E-state index in [1.165, 1.54) is 16.9 Å². The molecule has 0 saturated heterocycles. The molecule has 25 heavy (non-hydrogen) atoms. The summed E-state index contributed by atoms with van der Waals surface area (Å²) in [6.45, 7) is 0.572. The number of amides is 1. The van der Waals surface area contributed by atoms with Crippen molar-refractivity contribution in [2.45, 2.75) is 19.3 Å². The van der Waals surface area contributed by atoms with Gasteiger partial charge in [-0.25, -0.2) is 0 Å². The van der Waals surface area contributed by atoms with Gasteiger partial charge in [-0.15, -0.1) is 21.5 Å². The van der Waals surface area contributed by atoms with Crippen molar-refractivity contribution in [3.8, 4) is 10.7 Å². The van der Waals surface area contributed by atoms with Crippen molar-refractivity contribution in [1.82, 2.24) is 20.5 Å². The number of hydrogen-bond acceptors (Lipinski definition) is 5. The first-order chi connectivity index (χ1) is 12.2. The van der Waals surface area contributed by atoms with Crippen LogP contribution in [0.3, 0.4) is 0 Å². The van der Waals surface area contributed by atoms with Crippen LogP contribution in [-0.2, 0) is 17.6 Å². The number of rotatable bonds is 7. The van der Waals surface area contributed by atoms with Gasteiger partial charge in [-0.3, -0.25) is 9.59 Å². The zero-order valence-corrected chi connectivity index (χ0v) is 14.4. The topological polar surface area (TPSA) is 87.7 Å². The van der Waals surface area contributed by atoms with Crippen LogP contribution in [0.1, 0.15) is 17.7 Å². The molecule has 0 spiro atoms. The molecular formula is C18H18N4O2S. The number of benzene rings is 1. The number of carbonyl (C=O) groups is 1. The second-order valence-corrected chi connectivity index (χ2v) is 6.46. The first-order valence-corrected chi connectivity index (χ1v) is 8.91. The van der Waals surface area contributed by atoms with Crippen LogP contribution in [-0.4, -0.2) is 27.6 Å². The summed E-state index contributed by atoms with van der Waals surface area (Å²) in [7, 11) is 0. The molecule has 6 nitrogen and oxygen atoms in total. The van der Waals surface area contributed by atoms with E-state index in [4.69, 9.17) is 0 Å². The third kappa shape index (κ3) is 4.84. The van der Waals surface area contributed by atoms with Gasteiger partial charge in [-0.1, -0.05) is 36.4 Å². The van der Waals surface area contributed by atoms with Gasteiger partial charge >= 0.3 is 0 Å². The van der Waals surface area contributed by atoms with Crippen molar-refractivity contribution in [3.63, 3.8) is 0 Å². The van der Waals surface area contributed by atoms with E-state index >= 15 is 0 Å². The van der Waals surface area contributed by atoms with Crippen molar-refractivity contribution >= 4 is 17.2 Å². The third-order valence-corrected chi connectivity index (χ3v) is 4.56. The van der Waals surface area contributed by atoms with E-state index in [1.807, 2.05) is 47.8 Å². The zero-order valence-electron chi connectivity index (χ0n) is 13.6. The summed E-state index contributed by atoms with van der Waals surface area (Å²) in [5, 5.41) is 12.8. The van der Waals surface area contributed by atoms with Gasteiger partial charge in [0.2, 0.25) is 5.91 Å². The Kier molecular flexibility index (Phi) is 5.69. The number of aromatic nitrogens is 3. The average Bonchev–Trinajstić information content (AvgIpc) is 3.16. The highest BCUT2D eigenvalue weighted by Gasteiger charge is 2.09. The second kappa shape index (κ2) is 8.34. The summed E-state index contributed by atoms with van der Waals surface area (Å²) in [5.41, 5.74) is 1.16. The van der Waals surface area contributed by atoms with Gasteiger partial charge in [-0.2, -0.15) is 0 Å². The lowest BCUT2D eigenvalue weighted by atomic mass is 10.1. The van der Waals surface area contributed by atoms with Crippen LogP contribution in [0.2, 0.25) is 0 Å². The fourth-order valence-corrected chi connectivity index (χ4v) is 3.02. The smallest absolute Gasteiger partial charge is 0.273 e. The quantitative estimate of drug-likeness (QED) is 0.681. The lowest BCUT2D eigenvalue weighted by Crippen LogP contribution is -2.27. The predicted octanol–water partition coefficient (Wildman–Crippen LogP) is 2.18. The van der Waals surface area contributed by atoms with Crippen LogP contribution in [0.15, 0.2) is 52.6 Å². The van der Waals surface area contributed by atoms with Crippen molar-refractivity contribution in [2.75, 3.05) is 6.54 Å². The van der Waals surface area contributed by atoms with Gasteiger partial charge in [0.15, 0.2) is 5.82 Å². The van der Waals surface area contributed by atoms with Crippen LogP contribution in [0.4, 0.5) is 0 Å². The van der Waals surface area contributed by atoms with Gasteiger partial charge in [0, 0.05) is 19.4 Å². The van der Waals surface area contributed by atoms with Crippen LogP contribution in [0.5, 0.6) is 0 Å². The van der Waals surface area contributed by atoms with Gasteiger partial charge in [0.25, 0.3) is 5.56 Å². The molecule has 0 bridgehead atoms. The van der Waals surface area contributed by atoms with Gasteiger partial charge in [0.05, 0.1) is 4.88 Å². The molecular weight excluding hydrogens is 336 g/mol. The van der Waals surface area contributed by atoms with E-state index in [0.29, 0.717) is 12.4 Å². The maximum absolute atomic E-state index is 12.1. The zero-order chi connectivity index (χ0) is 17.5. The molecule has 2 heterocycles. The Bertz CT molecular complexity index is 876. The first-order valence-electron chi connectivity index (χ1n) is 8.03. The number of hydrogen-bond donors (Lipinski definition) is 2. The third-order valence-electron chi connectivity index (χ3n) is 3.69. The maximum atomic E-state index is 12.1. The van der Waals surface area contributed by atoms with E-state index < -0.39 is 0 Å². The van der Waals surface area contributed by atoms with E-state index in [1.54, 1.807) is 0 Å². The second-order valence-electron chi connectivity index (χ2n) is 5.51. The molecule has 0 radical (unpaired) electrons. The van der Waals surface area contributed by atoms with E-state index in [-0.39, 0.29) is 30.0 Å². The molecule has 0 saturated carbocycles. The highest BCUT2D eigenvalue weighted by molar-refractivity contribution is 7.13. The summed E-state index contributed by atoms with van der Waals surface area (Å²) in [5.74, 6) is 0.357. The highest BCUT2D eigenvalue weighted by Crippen LogP contribution is 2.18. The molecule has 0 fully saturated rings. The van der Waals surface area contributed by atoms with Crippen molar-refractivity contribution in [2.24, 2.45) is 0 Å². The normalized spacial score (nSPS) is 10.6. The molecule has 3 rings (SSSR count). The minimum absolute atomic E-state index is 0.0977. The molecule has 0 aliphatic rings. The molecule has 0 atom stereocenters. The molecule has 0 unspecified atom stereocenters. The first kappa shape index (κ1) is 17.0. The lowest BCUT2D eigenvalue weighted by Gasteiger charge is -2.05. The van der Waals surface area contributed by atoms with Crippen LogP contribution in [0, 0.1) is 0 Å². The number of aromatic amines is 1. The number of nitrogens with zero attached hydrogens (tertiary/aromatic N) is 2. The monoisotopic (exact) mass is 354 g/mol. The average molecular weight is 354 g/mol. The van der Waals surface area contributed by atoms with Gasteiger partial charge in [0.1, 0.15) is 5.69 Å². The summed E-state index contributed by atoms with van der Waals surface area (Å²) < 4.78 is 0. The number of carbonyl (C=O) groups excluding carboxylic acids is 1. The van der Waals surface area contributed by atoms with Gasteiger partial charge < -0.3 is 10.3 Å². The fourth-order valence-electron chi connectivity index (χ4n) is 2.36. The van der Waals surface area contributed by atoms with Crippen molar-refractivity contribution in [3.05, 3.63) is 69.5 Å². The molecule has 3 aromatic rings. The predicted molar refractivity (Wildman–Crippen MR) is 97.4 cm³/mol. The van der Waals surface area contributed by atoms with Crippen LogP contribution in [0.25, 0.3) is 10.7 Å². The maximum Gasteiger partial charge on any atom is 0.273 e. The van der Waals surface area contributed by atoms with E-state index in [2.05, 4.69) is 20.5 Å². The summed E-state index contributed by atoms with van der Waals surface area (Å²) in [6.07, 6.45) is 1.26. The molecule has 7 heteroatoms. The highest BCUT2D eigenvalue weighted by atomic mass is 32.1. The van der Waals surface area contributed by atoms with Crippen molar-refractivity contribution in [1.29, 1.82) is 0 Å². The number of aryl methyl sites for hydroxylation is 1. The molecule has 2 N–H and O–H groups in total. The Morgan fingerprint density at radius 1 is 1.08 bits per heavy atom. The number of thiophene rings is 1. The number of H-pyrrole nitrogens is 1. The Balaban J connectivity index is 1.48. The van der Waals surface area contributed by atoms with Crippen LogP contribution >= 0.6 is 11.3 Å². The Hall–Kier alpha value is -2.80. The standard InChI is InChI=1S/C18H18N4O2S/c23-16(19-11-10-13-5-2-1-3-6-13)9-8-14-18(24)20-17(22-21-14)15-7-4-12-25-15/h1-7,12H,8-11H2,(H,19,23)(H,20,22,24). The molecule has 1 amide bonds. The summed E-state index contributed by atoms with van der Waals surface area (Å²) >= 11 is 1.48. The SMILES string of the molecule is O=C(CCc1nnc(-c2cccs2)[nH]c1=O)NCCc1ccccc1. The Morgan fingerprint density at radius 3 is 2.64 bits per heavy atom. The number of nitrogens with one attached hydrogen (secondary N) is 2. The Morgan fingerprint density at radius 2 is 1.92 bits per heavy atom. The molecule has 0 aliphatic carbocycles.